The Morgan fingerprint density at radius 1 is 1.03 bits per heavy atom. The highest BCUT2D eigenvalue weighted by Gasteiger charge is 2.12. The number of carbonyl (C=O) groups excluding carboxylic acids is 1. The number of amides is 1. The van der Waals surface area contributed by atoms with Gasteiger partial charge in [0.1, 0.15) is 18.2 Å². The van der Waals surface area contributed by atoms with Crippen LogP contribution in [0.25, 0.3) is 6.08 Å². The number of ether oxygens (including phenoxy) is 2. The van der Waals surface area contributed by atoms with Gasteiger partial charge in [0.2, 0.25) is 0 Å². The third-order valence-corrected chi connectivity index (χ3v) is 5.55. The summed E-state index contributed by atoms with van der Waals surface area (Å²) in [7, 11) is 1.51. The van der Waals surface area contributed by atoms with Crippen molar-refractivity contribution in [2.24, 2.45) is 0 Å². The number of hydrogen-bond donors (Lipinski definition) is 1. The molecule has 0 saturated carbocycles. The van der Waals surface area contributed by atoms with Gasteiger partial charge in [0.25, 0.3) is 5.91 Å². The molecule has 7 heteroatoms. The highest BCUT2D eigenvalue weighted by Crippen LogP contribution is 2.32. The summed E-state index contributed by atoms with van der Waals surface area (Å²) in [5.41, 5.74) is 2.41. The number of nitrogens with one attached hydrogen (secondary N) is 1. The van der Waals surface area contributed by atoms with Gasteiger partial charge in [-0.2, -0.15) is 5.26 Å². The predicted molar refractivity (Wildman–Crippen MR) is 131 cm³/mol. The topological polar surface area (TPSA) is 71.3 Å². The molecule has 0 aliphatic rings. The van der Waals surface area contributed by atoms with E-state index in [-0.39, 0.29) is 12.2 Å². The van der Waals surface area contributed by atoms with Gasteiger partial charge in [0.05, 0.1) is 7.11 Å². The Morgan fingerprint density at radius 2 is 1.76 bits per heavy atom. The minimum absolute atomic E-state index is 0.00151. The molecular formula is C26H22Cl2N2O3. The zero-order valence-electron chi connectivity index (χ0n) is 18.0. The predicted octanol–water partition coefficient (Wildman–Crippen LogP) is 5.85. The summed E-state index contributed by atoms with van der Waals surface area (Å²) in [6, 6.07) is 22.2. The molecule has 3 rings (SSSR count). The minimum Gasteiger partial charge on any atom is -0.493 e. The minimum atomic E-state index is -0.430. The van der Waals surface area contributed by atoms with Gasteiger partial charge in [0.15, 0.2) is 11.5 Å². The lowest BCUT2D eigenvalue weighted by atomic mass is 10.1. The number of nitrogens with zero attached hydrogens (tertiary/aromatic N) is 1. The van der Waals surface area contributed by atoms with Crippen molar-refractivity contribution in [1.29, 1.82) is 5.26 Å². The second kappa shape index (κ2) is 12.0. The van der Waals surface area contributed by atoms with Gasteiger partial charge < -0.3 is 14.8 Å². The van der Waals surface area contributed by atoms with Crippen molar-refractivity contribution in [1.82, 2.24) is 5.32 Å². The van der Waals surface area contributed by atoms with E-state index in [0.29, 0.717) is 45.6 Å². The van der Waals surface area contributed by atoms with Crippen LogP contribution in [-0.2, 0) is 17.8 Å². The number of hydrogen-bond acceptors (Lipinski definition) is 4. The lowest BCUT2D eigenvalue weighted by molar-refractivity contribution is -0.117. The first-order valence-electron chi connectivity index (χ1n) is 10.2. The molecule has 1 N–H and O–H groups in total. The second-order valence-electron chi connectivity index (χ2n) is 7.06. The summed E-state index contributed by atoms with van der Waals surface area (Å²) in [5.74, 6) is 0.506. The molecule has 168 valence electrons. The molecule has 0 atom stereocenters. The van der Waals surface area contributed by atoms with E-state index in [2.05, 4.69) is 5.32 Å². The van der Waals surface area contributed by atoms with Gasteiger partial charge in [0, 0.05) is 22.2 Å². The molecule has 3 aromatic carbocycles. The van der Waals surface area contributed by atoms with Crippen molar-refractivity contribution in [3.8, 4) is 17.6 Å². The average Bonchev–Trinajstić information content (AvgIpc) is 2.83. The number of carbonyl (C=O) groups is 1. The summed E-state index contributed by atoms with van der Waals surface area (Å²) in [5, 5.41) is 13.3. The molecule has 0 spiro atoms. The van der Waals surface area contributed by atoms with Crippen molar-refractivity contribution < 1.29 is 14.3 Å². The van der Waals surface area contributed by atoms with E-state index in [0.717, 1.165) is 5.56 Å². The fraction of sp³-hybridized carbons (Fsp3) is 0.154. The lowest BCUT2D eigenvalue weighted by Gasteiger charge is -2.13. The molecule has 0 saturated heterocycles. The third-order valence-electron chi connectivity index (χ3n) is 4.84. The van der Waals surface area contributed by atoms with Crippen molar-refractivity contribution in [2.75, 3.05) is 13.7 Å². The van der Waals surface area contributed by atoms with Crippen molar-refractivity contribution in [3.63, 3.8) is 0 Å². The molecule has 5 nitrogen and oxygen atoms in total. The first-order chi connectivity index (χ1) is 16.0. The normalized spacial score (nSPS) is 10.9. The Balaban J connectivity index is 1.67. The highest BCUT2D eigenvalue weighted by molar-refractivity contribution is 6.35. The van der Waals surface area contributed by atoms with E-state index in [9.17, 15) is 10.1 Å². The number of rotatable bonds is 9. The molecule has 0 bridgehead atoms. The maximum Gasteiger partial charge on any atom is 0.261 e. The van der Waals surface area contributed by atoms with E-state index in [1.807, 2.05) is 36.4 Å². The van der Waals surface area contributed by atoms with Crippen LogP contribution >= 0.6 is 23.2 Å². The van der Waals surface area contributed by atoms with Crippen LogP contribution in [0, 0.1) is 11.3 Å². The standard InChI is InChI=1S/C26H22Cl2N2O3/c1-32-25-15-19(10-11-24(25)33-17-21-22(27)8-5-9-23(21)28)14-20(16-29)26(31)30-13-12-18-6-3-2-4-7-18/h2-11,14-15H,12-13,17H2,1H3,(H,30,31)/b20-14-. The third kappa shape index (κ3) is 6.76. The molecular weight excluding hydrogens is 459 g/mol. The Morgan fingerprint density at radius 3 is 2.42 bits per heavy atom. The van der Waals surface area contributed by atoms with Crippen LogP contribution in [0.3, 0.4) is 0 Å². The fourth-order valence-electron chi connectivity index (χ4n) is 3.09. The zero-order valence-corrected chi connectivity index (χ0v) is 19.5. The van der Waals surface area contributed by atoms with E-state index in [1.54, 1.807) is 36.4 Å². The first kappa shape index (κ1) is 24.2. The maximum atomic E-state index is 12.4. The lowest BCUT2D eigenvalue weighted by Crippen LogP contribution is -2.26. The largest absolute Gasteiger partial charge is 0.493 e. The SMILES string of the molecule is COc1cc(/C=C(/C#N)C(=O)NCCc2ccccc2)ccc1OCc1c(Cl)cccc1Cl. The second-order valence-corrected chi connectivity index (χ2v) is 7.87. The van der Waals surface area contributed by atoms with Gasteiger partial charge in [-0.15, -0.1) is 0 Å². The first-order valence-corrected chi connectivity index (χ1v) is 10.9. The van der Waals surface area contributed by atoms with Crippen molar-refractivity contribution in [2.45, 2.75) is 13.0 Å². The van der Waals surface area contributed by atoms with Gasteiger partial charge >= 0.3 is 0 Å². The van der Waals surface area contributed by atoms with Gasteiger partial charge in [-0.05, 0) is 47.9 Å². The zero-order chi connectivity index (χ0) is 23.6. The Kier molecular flexibility index (Phi) is 8.77. The smallest absolute Gasteiger partial charge is 0.261 e. The van der Waals surface area contributed by atoms with Gasteiger partial charge in [-0.25, -0.2) is 0 Å². The van der Waals surface area contributed by atoms with Crippen LogP contribution in [0.15, 0.2) is 72.3 Å². The van der Waals surface area contributed by atoms with Crippen LogP contribution in [-0.4, -0.2) is 19.6 Å². The van der Waals surface area contributed by atoms with E-state index in [1.165, 1.54) is 13.2 Å². The number of nitriles is 1. The molecule has 3 aromatic rings. The quantitative estimate of drug-likeness (QED) is 0.308. The fourth-order valence-corrected chi connectivity index (χ4v) is 3.60. The molecule has 0 aliphatic heterocycles. The molecule has 0 aliphatic carbocycles. The molecule has 0 heterocycles. The summed E-state index contributed by atoms with van der Waals surface area (Å²) >= 11 is 12.4. The molecule has 33 heavy (non-hydrogen) atoms. The van der Waals surface area contributed by atoms with Crippen LogP contribution in [0.1, 0.15) is 16.7 Å². The monoisotopic (exact) mass is 480 g/mol. The summed E-state index contributed by atoms with van der Waals surface area (Å²) in [6.45, 7) is 0.597. The van der Waals surface area contributed by atoms with Crippen molar-refractivity contribution in [3.05, 3.63) is 99.0 Å². The van der Waals surface area contributed by atoms with Crippen LogP contribution in [0.4, 0.5) is 0 Å². The maximum absolute atomic E-state index is 12.4. The Hall–Kier alpha value is -3.46. The van der Waals surface area contributed by atoms with Gasteiger partial charge in [-0.1, -0.05) is 65.7 Å². The van der Waals surface area contributed by atoms with E-state index < -0.39 is 5.91 Å². The van der Waals surface area contributed by atoms with E-state index in [4.69, 9.17) is 32.7 Å². The Bertz CT molecular complexity index is 1170. The number of benzene rings is 3. The highest BCUT2D eigenvalue weighted by atomic mass is 35.5. The van der Waals surface area contributed by atoms with Gasteiger partial charge in [-0.3, -0.25) is 4.79 Å². The van der Waals surface area contributed by atoms with Crippen molar-refractivity contribution >= 4 is 35.2 Å². The molecule has 0 radical (unpaired) electrons. The molecule has 0 fully saturated rings. The molecule has 0 aromatic heterocycles. The molecule has 1 amide bonds. The van der Waals surface area contributed by atoms with Crippen LogP contribution in [0.2, 0.25) is 10.0 Å². The summed E-state index contributed by atoms with van der Waals surface area (Å²) in [4.78, 5) is 12.4. The Labute approximate surface area is 203 Å². The van der Waals surface area contributed by atoms with Crippen LogP contribution < -0.4 is 14.8 Å². The average molecular weight is 481 g/mol. The van der Waals surface area contributed by atoms with Crippen LogP contribution in [0.5, 0.6) is 11.5 Å². The van der Waals surface area contributed by atoms with E-state index >= 15 is 0 Å². The summed E-state index contributed by atoms with van der Waals surface area (Å²) < 4.78 is 11.3. The number of halogens is 2. The number of methoxy groups -OCH3 is 1. The summed E-state index contributed by atoms with van der Waals surface area (Å²) in [6.07, 6.45) is 2.19. The molecule has 0 unspecified atom stereocenters.